The molecule has 0 aliphatic heterocycles. The first-order valence-corrected chi connectivity index (χ1v) is 9.83. The molecule has 3 rings (SSSR count). The standard InChI is InChI=1S/C18H17FN4OS2/c19-14-6-3-13(4-7-14)5-8-16-21-18(23-22-16)26-12-17(24)20-10-9-15-2-1-11-25-15/h1-8,11H,9-10,12H2,(H,20,24)(H,21,22,23). The Balaban J connectivity index is 1.41. The first kappa shape index (κ1) is 18.3. The number of halogens is 1. The average Bonchev–Trinajstić information content (AvgIpc) is 3.31. The smallest absolute Gasteiger partial charge is 0.230 e. The van der Waals surface area contributed by atoms with Crippen LogP contribution in [-0.2, 0) is 11.2 Å². The Kier molecular flexibility index (Phi) is 6.56. The van der Waals surface area contributed by atoms with Gasteiger partial charge in [0.2, 0.25) is 11.1 Å². The zero-order valence-electron chi connectivity index (χ0n) is 13.8. The maximum Gasteiger partial charge on any atom is 0.230 e. The Labute approximate surface area is 158 Å². The van der Waals surface area contributed by atoms with Gasteiger partial charge >= 0.3 is 0 Å². The summed E-state index contributed by atoms with van der Waals surface area (Å²) in [7, 11) is 0. The number of carbonyl (C=O) groups is 1. The molecule has 0 spiro atoms. The van der Waals surface area contributed by atoms with Gasteiger partial charge in [0.15, 0.2) is 0 Å². The van der Waals surface area contributed by atoms with E-state index >= 15 is 0 Å². The molecule has 5 nitrogen and oxygen atoms in total. The van der Waals surface area contributed by atoms with Crippen molar-refractivity contribution in [2.45, 2.75) is 11.6 Å². The van der Waals surface area contributed by atoms with Gasteiger partial charge < -0.3 is 5.32 Å². The number of thiophene rings is 1. The summed E-state index contributed by atoms with van der Waals surface area (Å²) >= 11 is 2.96. The number of rotatable bonds is 8. The maximum absolute atomic E-state index is 12.9. The van der Waals surface area contributed by atoms with E-state index in [0.717, 1.165) is 12.0 Å². The van der Waals surface area contributed by atoms with Crippen molar-refractivity contribution in [2.24, 2.45) is 0 Å². The molecule has 0 aliphatic rings. The lowest BCUT2D eigenvalue weighted by atomic mass is 10.2. The molecule has 3 aromatic rings. The van der Waals surface area contributed by atoms with Crippen molar-refractivity contribution in [3.63, 3.8) is 0 Å². The molecule has 0 aliphatic carbocycles. The van der Waals surface area contributed by atoms with E-state index in [-0.39, 0.29) is 17.5 Å². The Morgan fingerprint density at radius 3 is 2.88 bits per heavy atom. The Bertz CT molecular complexity index is 860. The van der Waals surface area contributed by atoms with Gasteiger partial charge in [0, 0.05) is 11.4 Å². The molecule has 2 aromatic heterocycles. The second kappa shape index (κ2) is 9.30. The van der Waals surface area contributed by atoms with Crippen molar-refractivity contribution in [2.75, 3.05) is 12.3 Å². The second-order valence-electron chi connectivity index (χ2n) is 5.36. The van der Waals surface area contributed by atoms with E-state index < -0.39 is 0 Å². The number of nitrogens with one attached hydrogen (secondary N) is 2. The summed E-state index contributed by atoms with van der Waals surface area (Å²) in [5.74, 6) is 0.535. The molecule has 0 unspecified atom stereocenters. The lowest BCUT2D eigenvalue weighted by Crippen LogP contribution is -2.27. The van der Waals surface area contributed by atoms with Crippen LogP contribution in [0.2, 0.25) is 0 Å². The summed E-state index contributed by atoms with van der Waals surface area (Å²) in [5.41, 5.74) is 0.863. The van der Waals surface area contributed by atoms with E-state index in [1.54, 1.807) is 29.5 Å². The summed E-state index contributed by atoms with van der Waals surface area (Å²) in [6, 6.07) is 10.2. The van der Waals surface area contributed by atoms with Crippen LogP contribution in [0.4, 0.5) is 4.39 Å². The minimum atomic E-state index is -0.269. The highest BCUT2D eigenvalue weighted by Gasteiger charge is 2.06. The zero-order valence-corrected chi connectivity index (χ0v) is 15.4. The fourth-order valence-corrected chi connectivity index (χ4v) is 3.45. The highest BCUT2D eigenvalue weighted by molar-refractivity contribution is 7.99. The highest BCUT2D eigenvalue weighted by Crippen LogP contribution is 2.13. The average molecular weight is 388 g/mol. The normalized spacial score (nSPS) is 11.1. The molecule has 0 atom stereocenters. The van der Waals surface area contributed by atoms with E-state index in [0.29, 0.717) is 17.5 Å². The van der Waals surface area contributed by atoms with Crippen LogP contribution in [0.3, 0.4) is 0 Å². The van der Waals surface area contributed by atoms with E-state index in [1.165, 1.54) is 28.8 Å². The summed E-state index contributed by atoms with van der Waals surface area (Å²) in [4.78, 5) is 17.4. The Morgan fingerprint density at radius 1 is 1.27 bits per heavy atom. The third kappa shape index (κ3) is 5.82. The SMILES string of the molecule is O=C(CSc1n[nH]c(C=Cc2ccc(F)cc2)n1)NCCc1cccs1. The van der Waals surface area contributed by atoms with Crippen LogP contribution >= 0.6 is 23.1 Å². The molecule has 0 saturated heterocycles. The van der Waals surface area contributed by atoms with Gasteiger partial charge in [-0.1, -0.05) is 36.0 Å². The highest BCUT2D eigenvalue weighted by atomic mass is 32.2. The number of aromatic amines is 1. The van der Waals surface area contributed by atoms with Crippen LogP contribution in [0.15, 0.2) is 46.9 Å². The molecule has 8 heteroatoms. The molecule has 0 saturated carbocycles. The van der Waals surface area contributed by atoms with Crippen LogP contribution in [0, 0.1) is 5.82 Å². The van der Waals surface area contributed by atoms with Crippen LogP contribution in [0.1, 0.15) is 16.3 Å². The summed E-state index contributed by atoms with van der Waals surface area (Å²) in [6.07, 6.45) is 4.41. The minimum Gasteiger partial charge on any atom is -0.355 e. The maximum atomic E-state index is 12.9. The zero-order chi connectivity index (χ0) is 18.2. The predicted molar refractivity (Wildman–Crippen MR) is 103 cm³/mol. The fourth-order valence-electron chi connectivity index (χ4n) is 2.11. The van der Waals surface area contributed by atoms with Crippen molar-refractivity contribution in [1.82, 2.24) is 20.5 Å². The van der Waals surface area contributed by atoms with E-state index in [2.05, 4.69) is 26.6 Å². The Hall–Kier alpha value is -2.45. The van der Waals surface area contributed by atoms with Crippen LogP contribution in [-0.4, -0.2) is 33.4 Å². The second-order valence-corrected chi connectivity index (χ2v) is 7.33. The molecule has 0 radical (unpaired) electrons. The van der Waals surface area contributed by atoms with Crippen molar-refractivity contribution < 1.29 is 9.18 Å². The topological polar surface area (TPSA) is 70.7 Å². The van der Waals surface area contributed by atoms with Gasteiger partial charge in [0.1, 0.15) is 11.6 Å². The molecule has 1 aromatic carbocycles. The number of hydrogen-bond acceptors (Lipinski definition) is 5. The van der Waals surface area contributed by atoms with Crippen LogP contribution in [0.25, 0.3) is 12.2 Å². The van der Waals surface area contributed by atoms with E-state index in [1.807, 2.05) is 17.5 Å². The van der Waals surface area contributed by atoms with Crippen molar-refractivity contribution in [1.29, 1.82) is 0 Å². The van der Waals surface area contributed by atoms with Gasteiger partial charge in [-0.05, 0) is 41.6 Å². The number of amides is 1. The fraction of sp³-hybridized carbons (Fsp3) is 0.167. The summed E-state index contributed by atoms with van der Waals surface area (Å²) < 4.78 is 12.9. The molecule has 1 amide bonds. The summed E-state index contributed by atoms with van der Waals surface area (Å²) in [6.45, 7) is 0.625. The largest absolute Gasteiger partial charge is 0.355 e. The van der Waals surface area contributed by atoms with Gasteiger partial charge in [-0.25, -0.2) is 9.37 Å². The molecular weight excluding hydrogens is 371 g/mol. The van der Waals surface area contributed by atoms with Crippen molar-refractivity contribution in [3.8, 4) is 0 Å². The molecular formula is C18H17FN4OS2. The monoisotopic (exact) mass is 388 g/mol. The molecule has 0 bridgehead atoms. The van der Waals surface area contributed by atoms with Gasteiger partial charge in [-0.15, -0.1) is 16.4 Å². The lowest BCUT2D eigenvalue weighted by molar-refractivity contribution is -0.118. The van der Waals surface area contributed by atoms with Crippen molar-refractivity contribution in [3.05, 3.63) is 63.9 Å². The third-order valence-corrected chi connectivity index (χ3v) is 5.18. The summed E-state index contributed by atoms with van der Waals surface area (Å²) in [5, 5.41) is 12.3. The number of nitrogens with zero attached hydrogens (tertiary/aromatic N) is 2. The number of benzene rings is 1. The first-order valence-electron chi connectivity index (χ1n) is 7.97. The van der Waals surface area contributed by atoms with E-state index in [9.17, 15) is 9.18 Å². The third-order valence-electron chi connectivity index (χ3n) is 3.39. The Morgan fingerprint density at radius 2 is 2.12 bits per heavy atom. The van der Waals surface area contributed by atoms with Gasteiger partial charge in [-0.2, -0.15) is 0 Å². The predicted octanol–water partition coefficient (Wildman–Crippen LogP) is 3.63. The minimum absolute atomic E-state index is 0.0419. The van der Waals surface area contributed by atoms with Crippen molar-refractivity contribution >= 4 is 41.2 Å². The molecule has 134 valence electrons. The quantitative estimate of drug-likeness (QED) is 0.578. The van der Waals surface area contributed by atoms with Crippen LogP contribution < -0.4 is 5.32 Å². The lowest BCUT2D eigenvalue weighted by Gasteiger charge is -2.02. The number of thioether (sulfide) groups is 1. The van der Waals surface area contributed by atoms with Gasteiger partial charge in [-0.3, -0.25) is 9.89 Å². The van der Waals surface area contributed by atoms with Crippen LogP contribution in [0.5, 0.6) is 0 Å². The number of carbonyl (C=O) groups excluding carboxylic acids is 1. The van der Waals surface area contributed by atoms with Gasteiger partial charge in [0.05, 0.1) is 5.75 Å². The molecule has 2 N–H and O–H groups in total. The van der Waals surface area contributed by atoms with E-state index in [4.69, 9.17) is 0 Å². The van der Waals surface area contributed by atoms with Gasteiger partial charge in [0.25, 0.3) is 0 Å². The molecule has 26 heavy (non-hydrogen) atoms. The number of H-pyrrole nitrogens is 1. The number of hydrogen-bond donors (Lipinski definition) is 2. The molecule has 0 fully saturated rings. The number of aromatic nitrogens is 3. The first-order chi connectivity index (χ1) is 12.7. The molecule has 2 heterocycles.